The van der Waals surface area contributed by atoms with Crippen molar-refractivity contribution in [3.63, 3.8) is 0 Å². The number of fused-ring (bicyclic) bond motifs is 4. The summed E-state index contributed by atoms with van der Waals surface area (Å²) in [5.74, 6) is 1.51. The normalized spacial score (nSPS) is 17.8. The van der Waals surface area contributed by atoms with Crippen molar-refractivity contribution in [2.75, 3.05) is 20.3 Å². The van der Waals surface area contributed by atoms with Crippen LogP contribution in [0.1, 0.15) is 41.4 Å². The number of carboxylic acids is 1. The molecule has 1 aromatic heterocycles. The zero-order valence-corrected chi connectivity index (χ0v) is 20.7. The van der Waals surface area contributed by atoms with Crippen LogP contribution >= 0.6 is 0 Å². The van der Waals surface area contributed by atoms with Crippen LogP contribution in [0.2, 0.25) is 0 Å². The molecule has 8 nitrogen and oxygen atoms in total. The van der Waals surface area contributed by atoms with Gasteiger partial charge in [0.25, 0.3) is 0 Å². The summed E-state index contributed by atoms with van der Waals surface area (Å²) in [6.45, 7) is 6.81. The Kier molecular flexibility index (Phi) is 6.12. The highest BCUT2D eigenvalue weighted by Crippen LogP contribution is 2.43. The van der Waals surface area contributed by atoms with E-state index in [0.29, 0.717) is 36.0 Å². The van der Waals surface area contributed by atoms with Crippen molar-refractivity contribution in [1.29, 1.82) is 0 Å². The van der Waals surface area contributed by atoms with Gasteiger partial charge in [-0.15, -0.1) is 0 Å². The number of carbonyl (C=O) groups is 1. The summed E-state index contributed by atoms with van der Waals surface area (Å²) in [7, 11) is 1.56. The second kappa shape index (κ2) is 9.26. The van der Waals surface area contributed by atoms with Gasteiger partial charge in [0.05, 0.1) is 12.8 Å². The Balaban J connectivity index is 1.46. The van der Waals surface area contributed by atoms with Crippen LogP contribution in [0.5, 0.6) is 23.0 Å². The third-order valence-electron chi connectivity index (χ3n) is 6.77. The number of aryl methyl sites for hydroxylation is 1. The molecule has 0 radical (unpaired) electrons. The molecule has 3 aromatic rings. The Morgan fingerprint density at radius 3 is 2.69 bits per heavy atom. The van der Waals surface area contributed by atoms with Gasteiger partial charge in [-0.2, -0.15) is 0 Å². The van der Waals surface area contributed by atoms with Crippen molar-refractivity contribution in [2.24, 2.45) is 5.92 Å². The van der Waals surface area contributed by atoms with Gasteiger partial charge in [0.1, 0.15) is 18.8 Å². The molecule has 8 heteroatoms. The van der Waals surface area contributed by atoms with Crippen LogP contribution in [0.4, 0.5) is 0 Å². The first-order chi connectivity index (χ1) is 17.2. The highest BCUT2D eigenvalue weighted by molar-refractivity contribution is 5.88. The van der Waals surface area contributed by atoms with Crippen LogP contribution in [0.25, 0.3) is 11.3 Å². The predicted octanol–water partition coefficient (Wildman–Crippen LogP) is 4.50. The van der Waals surface area contributed by atoms with Crippen molar-refractivity contribution in [3.05, 3.63) is 69.5 Å². The van der Waals surface area contributed by atoms with Gasteiger partial charge in [-0.1, -0.05) is 19.9 Å². The van der Waals surface area contributed by atoms with Gasteiger partial charge in [-0.05, 0) is 54.7 Å². The first kappa shape index (κ1) is 23.8. The molecular formula is C28H29NO7. The number of benzene rings is 2. The summed E-state index contributed by atoms with van der Waals surface area (Å²) in [6.07, 6.45) is 1.85. The molecule has 2 atom stereocenters. The van der Waals surface area contributed by atoms with Crippen LogP contribution in [0, 0.1) is 12.8 Å². The average Bonchev–Trinajstić information content (AvgIpc) is 2.85. The van der Waals surface area contributed by atoms with Crippen LogP contribution < -0.4 is 24.4 Å². The van der Waals surface area contributed by atoms with E-state index in [1.54, 1.807) is 7.11 Å². The first-order valence-electron chi connectivity index (χ1n) is 12.0. The van der Waals surface area contributed by atoms with E-state index in [9.17, 15) is 14.7 Å². The fraction of sp³-hybridized carbons (Fsp3) is 0.357. The zero-order valence-electron chi connectivity index (χ0n) is 20.7. The molecule has 2 unspecified atom stereocenters. The second-order valence-corrected chi connectivity index (χ2v) is 9.64. The third kappa shape index (κ3) is 4.27. The Hall–Kier alpha value is -3.94. The lowest BCUT2D eigenvalue weighted by molar-refractivity contribution is 0.0526. The Morgan fingerprint density at radius 2 is 1.97 bits per heavy atom. The number of aromatic nitrogens is 1. The topological polar surface area (TPSA) is 96.2 Å². The van der Waals surface area contributed by atoms with Crippen molar-refractivity contribution in [3.8, 4) is 34.3 Å². The number of hydrogen-bond donors (Lipinski definition) is 1. The molecular weight excluding hydrogens is 462 g/mol. The maximum Gasteiger partial charge on any atom is 0.341 e. The van der Waals surface area contributed by atoms with Crippen molar-refractivity contribution < 1.29 is 28.8 Å². The maximum atomic E-state index is 12.6. The lowest BCUT2D eigenvalue weighted by atomic mass is 9.87. The van der Waals surface area contributed by atoms with Gasteiger partial charge >= 0.3 is 5.97 Å². The minimum absolute atomic E-state index is 0.0118. The molecule has 3 heterocycles. The number of methoxy groups -OCH3 is 1. The van der Waals surface area contributed by atoms with E-state index in [4.69, 9.17) is 18.9 Å². The van der Waals surface area contributed by atoms with Gasteiger partial charge in [-0.3, -0.25) is 4.79 Å². The van der Waals surface area contributed by atoms with E-state index < -0.39 is 11.4 Å². The van der Waals surface area contributed by atoms with Crippen molar-refractivity contribution >= 4 is 5.97 Å². The molecule has 0 spiro atoms. The highest BCUT2D eigenvalue weighted by atomic mass is 16.6. The van der Waals surface area contributed by atoms with Gasteiger partial charge < -0.3 is 28.6 Å². The summed E-state index contributed by atoms with van der Waals surface area (Å²) in [5, 5.41) is 9.47. The number of pyridine rings is 1. The Labute approximate surface area is 209 Å². The smallest absolute Gasteiger partial charge is 0.341 e. The largest absolute Gasteiger partial charge is 0.493 e. The summed E-state index contributed by atoms with van der Waals surface area (Å²) in [5.41, 5.74) is 2.84. The molecule has 5 rings (SSSR count). The summed E-state index contributed by atoms with van der Waals surface area (Å²) < 4.78 is 25.6. The van der Waals surface area contributed by atoms with E-state index in [1.165, 1.54) is 12.3 Å². The molecule has 0 saturated heterocycles. The molecule has 2 aromatic carbocycles. The molecule has 0 fully saturated rings. The molecule has 36 heavy (non-hydrogen) atoms. The van der Waals surface area contributed by atoms with Gasteiger partial charge in [0, 0.05) is 23.9 Å². The zero-order chi connectivity index (χ0) is 25.6. The average molecular weight is 492 g/mol. The summed E-state index contributed by atoms with van der Waals surface area (Å²) in [6, 6.07) is 11.0. The third-order valence-corrected chi connectivity index (χ3v) is 6.77. The Bertz CT molecular complexity index is 1390. The molecule has 188 valence electrons. The van der Waals surface area contributed by atoms with E-state index in [0.717, 1.165) is 22.4 Å². The molecule has 0 amide bonds. The van der Waals surface area contributed by atoms with Crippen molar-refractivity contribution in [1.82, 2.24) is 4.57 Å². The van der Waals surface area contributed by atoms with E-state index >= 15 is 0 Å². The minimum atomic E-state index is -1.23. The van der Waals surface area contributed by atoms with Crippen molar-refractivity contribution in [2.45, 2.75) is 39.3 Å². The maximum absolute atomic E-state index is 12.6. The molecule has 2 aliphatic rings. The molecule has 2 aliphatic heterocycles. The fourth-order valence-electron chi connectivity index (χ4n) is 4.85. The first-order valence-corrected chi connectivity index (χ1v) is 12.0. The number of hydrogen-bond acceptors (Lipinski definition) is 6. The standard InChI is InChI=1S/C28H29NO7/c1-15(2)21-8-17-9-26(35-14-18-13-34-24-6-5-16(3)7-27(24)36-18)25(33-4)10-19(17)22-11-23(30)20(28(31)32)12-29(21)22/h5-7,9-12,15,18,21H,8,13-14H2,1-4H3,(H,31,32). The molecule has 0 aliphatic carbocycles. The minimum Gasteiger partial charge on any atom is -0.493 e. The SMILES string of the molecule is COc1cc2c(cc1OCC1COc3ccc(C)cc3O1)CC(C(C)C)n1cc(C(=O)O)c(=O)cc1-2. The number of aromatic carboxylic acids is 1. The summed E-state index contributed by atoms with van der Waals surface area (Å²) in [4.78, 5) is 24.1. The number of carboxylic acid groups (broad SMARTS) is 1. The highest BCUT2D eigenvalue weighted by Gasteiger charge is 2.30. The fourth-order valence-corrected chi connectivity index (χ4v) is 4.85. The van der Waals surface area contributed by atoms with E-state index in [2.05, 4.69) is 13.8 Å². The van der Waals surface area contributed by atoms with Gasteiger partial charge in [-0.25, -0.2) is 4.79 Å². The number of rotatable bonds is 6. The quantitative estimate of drug-likeness (QED) is 0.542. The van der Waals surface area contributed by atoms with Crippen LogP contribution in [-0.4, -0.2) is 42.1 Å². The molecule has 0 bridgehead atoms. The van der Waals surface area contributed by atoms with Crippen LogP contribution in [0.15, 0.2) is 47.4 Å². The summed E-state index contributed by atoms with van der Waals surface area (Å²) >= 11 is 0. The lowest BCUT2D eigenvalue weighted by Crippen LogP contribution is -2.34. The second-order valence-electron chi connectivity index (χ2n) is 9.64. The molecule has 1 N–H and O–H groups in total. The van der Waals surface area contributed by atoms with Crippen LogP contribution in [-0.2, 0) is 6.42 Å². The monoisotopic (exact) mass is 491 g/mol. The number of ether oxygens (including phenoxy) is 4. The van der Waals surface area contributed by atoms with Gasteiger partial charge in [0.2, 0.25) is 0 Å². The Morgan fingerprint density at radius 1 is 1.17 bits per heavy atom. The lowest BCUT2D eigenvalue weighted by Gasteiger charge is -2.34. The van der Waals surface area contributed by atoms with E-state index in [1.807, 2.05) is 41.8 Å². The molecule has 0 saturated carbocycles. The number of nitrogens with zero attached hydrogens (tertiary/aromatic N) is 1. The van der Waals surface area contributed by atoms with Crippen LogP contribution in [0.3, 0.4) is 0 Å². The van der Waals surface area contributed by atoms with Gasteiger partial charge in [0.15, 0.2) is 34.5 Å². The van der Waals surface area contributed by atoms with E-state index in [-0.39, 0.29) is 30.2 Å². The predicted molar refractivity (Wildman–Crippen MR) is 134 cm³/mol.